The first-order valence-corrected chi connectivity index (χ1v) is 26.9. The van der Waals surface area contributed by atoms with Crippen LogP contribution in [0.25, 0.3) is 61.2 Å². The third-order valence-corrected chi connectivity index (χ3v) is 14.9. The van der Waals surface area contributed by atoms with Crippen LogP contribution in [0.15, 0.2) is 300 Å². The van der Waals surface area contributed by atoms with E-state index in [0.717, 1.165) is 84.9 Å². The molecule has 0 saturated carbocycles. The van der Waals surface area contributed by atoms with Gasteiger partial charge in [-0.15, -0.1) is 0 Å². The van der Waals surface area contributed by atoms with Gasteiger partial charge in [0.2, 0.25) is 0 Å². The van der Waals surface area contributed by atoms with E-state index >= 15 is 0 Å². The van der Waals surface area contributed by atoms with E-state index in [2.05, 4.69) is 283 Å². The van der Waals surface area contributed by atoms with E-state index in [9.17, 15) is 0 Å². The minimum Gasteiger partial charge on any atom is -0.354 e. The van der Waals surface area contributed by atoms with Crippen LogP contribution in [0, 0.1) is 5.92 Å². The summed E-state index contributed by atoms with van der Waals surface area (Å²) in [6.45, 7) is 0. The third-order valence-electron chi connectivity index (χ3n) is 14.9. The number of rotatable bonds is 12. The Bertz CT molecular complexity index is 3920. The number of nitrogens with one attached hydrogen (secondary N) is 3. The third kappa shape index (κ3) is 10.5. The fraction of sp³-hybridized carbons (Fsp3) is 0.0694. The normalized spacial score (nSPS) is 17.8. The molecule has 0 spiro atoms. The zero-order chi connectivity index (χ0) is 52.0. The van der Waals surface area contributed by atoms with Crippen LogP contribution >= 0.6 is 0 Å². The van der Waals surface area contributed by atoms with Crippen molar-refractivity contribution in [1.29, 1.82) is 0 Å². The first-order valence-electron chi connectivity index (χ1n) is 26.9. The molecule has 10 aromatic carbocycles. The lowest BCUT2D eigenvalue weighted by atomic mass is 9.88. The Kier molecular flexibility index (Phi) is 13.4. The number of aliphatic imine (C=N–C) groups is 3. The molecule has 0 aromatic heterocycles. The molecule has 2 heterocycles. The number of hydrogen-bond donors (Lipinski definition) is 3. The van der Waals surface area contributed by atoms with Gasteiger partial charge in [-0.25, -0.2) is 15.0 Å². The van der Waals surface area contributed by atoms with E-state index in [4.69, 9.17) is 15.0 Å². The standard InChI is InChI=1S/C72H56N6/c1-5-19-49(20-6-1)51-39-41-54(42-40-51)69-76-71(64-36-16-27-55(46-64)50-21-7-2-8-22-50)78-72(77-69)66-38-18-35-63(48-66)61-33-15-31-59(45-61)57-29-13-28-56(43-57)58-30-14-32-60(44-58)62-34-17-37-65(47-62)70-74-67(52-23-9-3-10-24-52)73-68(75-70)53-25-11-4-12-26-53/h1-36,38-48,65,67,70,72,74H,37H2,(H,73,75)(H,76,77,78). The van der Waals surface area contributed by atoms with Crippen molar-refractivity contribution in [2.24, 2.45) is 20.9 Å². The van der Waals surface area contributed by atoms with Crippen LogP contribution < -0.4 is 16.0 Å². The van der Waals surface area contributed by atoms with Gasteiger partial charge in [-0.1, -0.05) is 255 Å². The summed E-state index contributed by atoms with van der Waals surface area (Å²) in [4.78, 5) is 15.7. The summed E-state index contributed by atoms with van der Waals surface area (Å²) in [5.41, 5.74) is 19.2. The highest BCUT2D eigenvalue weighted by Gasteiger charge is 2.30. The van der Waals surface area contributed by atoms with Crippen LogP contribution in [0.3, 0.4) is 0 Å². The molecule has 3 aliphatic rings. The lowest BCUT2D eigenvalue weighted by molar-refractivity contribution is 0.329. The van der Waals surface area contributed by atoms with Crippen molar-refractivity contribution in [1.82, 2.24) is 16.0 Å². The Morgan fingerprint density at radius 3 is 1.37 bits per heavy atom. The smallest absolute Gasteiger partial charge is 0.159 e. The van der Waals surface area contributed by atoms with Crippen molar-refractivity contribution in [2.45, 2.75) is 24.9 Å². The Morgan fingerprint density at radius 1 is 0.321 bits per heavy atom. The topological polar surface area (TPSA) is 73.2 Å². The summed E-state index contributed by atoms with van der Waals surface area (Å²) in [5.74, 6) is 2.58. The maximum atomic E-state index is 5.31. The average Bonchev–Trinajstić information content (AvgIpc) is 3.61. The maximum Gasteiger partial charge on any atom is 0.159 e. The monoisotopic (exact) mass is 1000 g/mol. The van der Waals surface area contributed by atoms with Gasteiger partial charge in [0.25, 0.3) is 0 Å². The molecular weight excluding hydrogens is 949 g/mol. The second kappa shape index (κ2) is 21.8. The van der Waals surface area contributed by atoms with Crippen LogP contribution in [0.5, 0.6) is 0 Å². The van der Waals surface area contributed by atoms with Crippen molar-refractivity contribution in [3.05, 3.63) is 319 Å². The summed E-state index contributed by atoms with van der Waals surface area (Å²) in [5, 5.41) is 11.4. The molecule has 0 saturated heterocycles. The van der Waals surface area contributed by atoms with Crippen molar-refractivity contribution in [3.8, 4) is 55.6 Å². The van der Waals surface area contributed by atoms with Gasteiger partial charge in [-0.3, -0.25) is 5.32 Å². The fourth-order valence-corrected chi connectivity index (χ4v) is 10.8. The lowest BCUT2D eigenvalue weighted by Gasteiger charge is -2.36. The number of nitrogens with zero attached hydrogens (tertiary/aromatic N) is 3. The molecule has 4 atom stereocenters. The zero-order valence-electron chi connectivity index (χ0n) is 43.0. The van der Waals surface area contributed by atoms with Gasteiger partial charge in [0.05, 0.1) is 6.17 Å². The molecule has 6 heteroatoms. The molecule has 1 aliphatic carbocycles. The Balaban J connectivity index is 0.765. The second-order valence-corrected chi connectivity index (χ2v) is 20.1. The molecule has 0 bridgehead atoms. The van der Waals surface area contributed by atoms with Gasteiger partial charge in [-0.05, 0) is 115 Å². The predicted octanol–water partition coefficient (Wildman–Crippen LogP) is 16.1. The minimum absolute atomic E-state index is 0.0170. The fourth-order valence-electron chi connectivity index (χ4n) is 10.8. The van der Waals surface area contributed by atoms with Crippen molar-refractivity contribution >= 4 is 23.1 Å². The van der Waals surface area contributed by atoms with Gasteiger partial charge < -0.3 is 10.6 Å². The van der Waals surface area contributed by atoms with Crippen LogP contribution in [0.1, 0.15) is 52.1 Å². The molecule has 4 unspecified atom stereocenters. The SMILES string of the molecule is C1=CC(c2cccc(-c3cccc(-c4cccc(-c5cccc(C6N=C(c7ccc(-c8ccccc8)cc7)N=C(c7cccc(-c8ccccc8)c7)N6)c5)c4)c3)c2)=CC(C2NC(c3ccccc3)=NC(c3ccccc3)N2)C1. The zero-order valence-corrected chi connectivity index (χ0v) is 43.0. The molecule has 0 amide bonds. The Labute approximate surface area is 456 Å². The molecule has 2 aliphatic heterocycles. The summed E-state index contributed by atoms with van der Waals surface area (Å²) >= 11 is 0. The molecule has 78 heavy (non-hydrogen) atoms. The number of benzene rings is 10. The van der Waals surface area contributed by atoms with Gasteiger partial charge in [0.1, 0.15) is 24.0 Å². The summed E-state index contributed by atoms with van der Waals surface area (Å²) in [7, 11) is 0. The van der Waals surface area contributed by atoms with E-state index in [0.29, 0.717) is 5.84 Å². The van der Waals surface area contributed by atoms with E-state index in [1.165, 1.54) is 27.8 Å². The van der Waals surface area contributed by atoms with E-state index in [-0.39, 0.29) is 24.4 Å². The highest BCUT2D eigenvalue weighted by atomic mass is 15.3. The molecule has 10 aromatic rings. The van der Waals surface area contributed by atoms with Crippen LogP contribution in [0.2, 0.25) is 0 Å². The van der Waals surface area contributed by atoms with Gasteiger partial charge in [-0.2, -0.15) is 0 Å². The van der Waals surface area contributed by atoms with E-state index in [1.807, 2.05) is 18.2 Å². The number of hydrogen-bond acceptors (Lipinski definition) is 6. The number of amidine groups is 3. The predicted molar refractivity (Wildman–Crippen MR) is 323 cm³/mol. The molecule has 374 valence electrons. The molecule has 6 nitrogen and oxygen atoms in total. The van der Waals surface area contributed by atoms with Crippen molar-refractivity contribution in [2.75, 3.05) is 0 Å². The summed E-state index contributed by atoms with van der Waals surface area (Å²) < 4.78 is 0. The molecular formula is C72H56N6. The minimum atomic E-state index is -0.377. The van der Waals surface area contributed by atoms with Crippen LogP contribution in [-0.2, 0) is 0 Å². The van der Waals surface area contributed by atoms with Gasteiger partial charge in [0, 0.05) is 22.6 Å². The van der Waals surface area contributed by atoms with Crippen LogP contribution in [0.4, 0.5) is 0 Å². The Hall–Kier alpha value is -9.75. The highest BCUT2D eigenvalue weighted by molar-refractivity contribution is 6.13. The summed E-state index contributed by atoms with van der Waals surface area (Å²) in [6.07, 6.45) is 7.37. The first-order chi connectivity index (χ1) is 38.6. The average molecular weight is 1010 g/mol. The van der Waals surface area contributed by atoms with E-state index in [1.54, 1.807) is 0 Å². The number of allylic oxidation sites excluding steroid dienone is 3. The quantitative estimate of drug-likeness (QED) is 0.114. The Morgan fingerprint density at radius 2 is 0.756 bits per heavy atom. The first kappa shape index (κ1) is 47.9. The summed E-state index contributed by atoms with van der Waals surface area (Å²) in [6, 6.07) is 94.5. The lowest BCUT2D eigenvalue weighted by Crippen LogP contribution is -2.54. The van der Waals surface area contributed by atoms with Gasteiger partial charge in [0.15, 0.2) is 5.84 Å². The maximum absolute atomic E-state index is 5.31. The van der Waals surface area contributed by atoms with Crippen LogP contribution in [-0.4, -0.2) is 23.7 Å². The van der Waals surface area contributed by atoms with E-state index < -0.39 is 0 Å². The highest BCUT2D eigenvalue weighted by Crippen LogP contribution is 2.35. The van der Waals surface area contributed by atoms with Crippen molar-refractivity contribution in [3.63, 3.8) is 0 Å². The molecule has 0 fully saturated rings. The second-order valence-electron chi connectivity index (χ2n) is 20.1. The molecule has 13 rings (SSSR count). The van der Waals surface area contributed by atoms with Gasteiger partial charge >= 0.3 is 0 Å². The van der Waals surface area contributed by atoms with Crippen molar-refractivity contribution < 1.29 is 0 Å². The molecule has 3 N–H and O–H groups in total. The molecule has 0 radical (unpaired) electrons. The largest absolute Gasteiger partial charge is 0.354 e.